The molecule has 1 aliphatic rings. The van der Waals surface area contributed by atoms with Crippen molar-refractivity contribution in [3.8, 4) is 0 Å². The highest BCUT2D eigenvalue weighted by molar-refractivity contribution is 7.89. The molecule has 0 fully saturated rings. The summed E-state index contributed by atoms with van der Waals surface area (Å²) in [6.45, 7) is 8.98. The second kappa shape index (κ2) is 8.27. The van der Waals surface area contributed by atoms with Gasteiger partial charge in [-0.1, -0.05) is 33.8 Å². The van der Waals surface area contributed by atoms with Crippen LogP contribution in [0.1, 0.15) is 81.7 Å². The molecule has 170 valence electrons. The zero-order valence-corrected chi connectivity index (χ0v) is 19.2. The summed E-state index contributed by atoms with van der Waals surface area (Å²) < 4.78 is 47.3. The molecule has 1 unspecified atom stereocenters. The Morgan fingerprint density at radius 2 is 1.90 bits per heavy atom. The van der Waals surface area contributed by atoms with Gasteiger partial charge in [0.15, 0.2) is 0 Å². The largest absolute Gasteiger partial charge is 0.447 e. The number of furan rings is 1. The van der Waals surface area contributed by atoms with Gasteiger partial charge in [-0.05, 0) is 43.2 Å². The molecule has 0 aliphatic heterocycles. The third-order valence-electron chi connectivity index (χ3n) is 5.59. The second-order valence-electron chi connectivity index (χ2n) is 8.82. The predicted molar refractivity (Wildman–Crippen MR) is 115 cm³/mol. The fraction of sp³-hybridized carbons (Fsp3) is 0.500. The molecule has 2 aromatic rings. The molecule has 0 saturated heterocycles. The van der Waals surface area contributed by atoms with E-state index >= 15 is 0 Å². The van der Waals surface area contributed by atoms with Crippen LogP contribution in [0.15, 0.2) is 27.7 Å². The summed E-state index contributed by atoms with van der Waals surface area (Å²) in [6, 6.07) is 3.17. The van der Waals surface area contributed by atoms with Crippen LogP contribution in [0.5, 0.6) is 0 Å². The van der Waals surface area contributed by atoms with Crippen LogP contribution in [0.4, 0.5) is 14.9 Å². The smallest absolute Gasteiger partial charge is 0.333 e. The first-order valence-electron chi connectivity index (χ1n) is 10.3. The normalized spacial score (nSPS) is 18.9. The number of amides is 2. The Bertz CT molecular complexity index is 1100. The Hall–Kier alpha value is -2.39. The molecule has 1 aromatic heterocycles. The summed E-state index contributed by atoms with van der Waals surface area (Å²) in [5.74, 6) is -0.335. The van der Waals surface area contributed by atoms with Gasteiger partial charge >= 0.3 is 6.03 Å². The molecule has 0 bridgehead atoms. The lowest BCUT2D eigenvalue weighted by atomic mass is 9.85. The number of aryl methyl sites for hydroxylation is 1. The van der Waals surface area contributed by atoms with Crippen LogP contribution < -0.4 is 10.0 Å². The number of anilines is 1. The third kappa shape index (κ3) is 4.62. The standard InChI is InChI=1S/C22H29FN2O5S/c1-12(2)14-8-9-16(23)19(13(3)4)20(14)24-21(26)25-31(28,29)18-11-15-17(30-18)7-6-10-22(15,5)27/h8-9,11-13,27H,6-7,10H2,1-5H3,(H2,24,25,26). The highest BCUT2D eigenvalue weighted by Crippen LogP contribution is 2.38. The van der Waals surface area contributed by atoms with Crippen molar-refractivity contribution in [1.29, 1.82) is 0 Å². The number of hydrogen-bond acceptors (Lipinski definition) is 5. The molecule has 0 spiro atoms. The van der Waals surface area contributed by atoms with Crippen molar-refractivity contribution in [3.63, 3.8) is 0 Å². The van der Waals surface area contributed by atoms with Crippen LogP contribution in [-0.2, 0) is 22.0 Å². The lowest BCUT2D eigenvalue weighted by molar-refractivity contribution is 0.0362. The molecule has 3 rings (SSSR count). The van der Waals surface area contributed by atoms with Gasteiger partial charge in [0.25, 0.3) is 10.0 Å². The van der Waals surface area contributed by atoms with Crippen molar-refractivity contribution < 1.29 is 27.1 Å². The number of hydrogen-bond donors (Lipinski definition) is 3. The van der Waals surface area contributed by atoms with E-state index in [1.807, 2.05) is 18.6 Å². The molecule has 0 saturated carbocycles. The monoisotopic (exact) mass is 452 g/mol. The lowest BCUT2D eigenvalue weighted by Gasteiger charge is -2.26. The molecule has 1 aromatic carbocycles. The maximum Gasteiger partial charge on any atom is 0.333 e. The molecule has 3 N–H and O–H groups in total. The van der Waals surface area contributed by atoms with E-state index in [4.69, 9.17) is 4.42 Å². The van der Waals surface area contributed by atoms with Gasteiger partial charge in [0.2, 0.25) is 5.09 Å². The minimum absolute atomic E-state index is 0.0240. The summed E-state index contributed by atoms with van der Waals surface area (Å²) in [5, 5.41) is 12.6. The summed E-state index contributed by atoms with van der Waals surface area (Å²) in [4.78, 5) is 12.6. The number of benzene rings is 1. The predicted octanol–water partition coefficient (Wildman–Crippen LogP) is 4.72. The van der Waals surface area contributed by atoms with E-state index in [9.17, 15) is 22.7 Å². The Balaban J connectivity index is 1.90. The first-order valence-corrected chi connectivity index (χ1v) is 11.8. The number of sulfonamides is 1. The van der Waals surface area contributed by atoms with E-state index in [1.54, 1.807) is 26.8 Å². The Morgan fingerprint density at radius 1 is 1.23 bits per heavy atom. The first-order chi connectivity index (χ1) is 14.3. The van der Waals surface area contributed by atoms with Crippen LogP contribution in [0.25, 0.3) is 0 Å². The van der Waals surface area contributed by atoms with E-state index < -0.39 is 32.6 Å². The van der Waals surface area contributed by atoms with E-state index in [2.05, 4.69) is 5.32 Å². The second-order valence-corrected chi connectivity index (χ2v) is 10.4. The number of urea groups is 1. The SMILES string of the molecule is CC(C)c1ccc(F)c(C(C)C)c1NC(=O)NS(=O)(=O)c1cc2c(o1)CCCC2(C)O. The summed E-state index contributed by atoms with van der Waals surface area (Å²) >= 11 is 0. The van der Waals surface area contributed by atoms with E-state index in [0.717, 1.165) is 0 Å². The molecule has 1 aliphatic carbocycles. The fourth-order valence-electron chi connectivity index (χ4n) is 4.01. The number of rotatable bonds is 5. The highest BCUT2D eigenvalue weighted by Gasteiger charge is 2.35. The molecular weight excluding hydrogens is 423 g/mol. The van der Waals surface area contributed by atoms with Gasteiger partial charge < -0.3 is 14.8 Å². The van der Waals surface area contributed by atoms with Gasteiger partial charge in [-0.3, -0.25) is 0 Å². The van der Waals surface area contributed by atoms with E-state index in [-0.39, 0.29) is 17.5 Å². The minimum Gasteiger partial charge on any atom is -0.447 e. The molecule has 7 nitrogen and oxygen atoms in total. The maximum atomic E-state index is 14.5. The third-order valence-corrected chi connectivity index (χ3v) is 6.77. The fourth-order valence-corrected chi connectivity index (χ4v) is 4.89. The number of fused-ring (bicyclic) bond motifs is 1. The van der Waals surface area contributed by atoms with E-state index in [1.165, 1.54) is 12.1 Å². The Kier molecular flexibility index (Phi) is 6.21. The lowest BCUT2D eigenvalue weighted by Crippen LogP contribution is -2.35. The average molecular weight is 453 g/mol. The summed E-state index contributed by atoms with van der Waals surface area (Å²) in [6.07, 6.45) is 1.66. The van der Waals surface area contributed by atoms with E-state index in [0.29, 0.717) is 41.7 Å². The van der Waals surface area contributed by atoms with Crippen LogP contribution in [-0.4, -0.2) is 19.6 Å². The van der Waals surface area contributed by atoms with Gasteiger partial charge in [-0.2, -0.15) is 8.42 Å². The minimum atomic E-state index is -4.33. The van der Waals surface area contributed by atoms with Crippen LogP contribution >= 0.6 is 0 Å². The Labute approximate surface area is 182 Å². The van der Waals surface area contributed by atoms with Crippen molar-refractivity contribution in [2.75, 3.05) is 5.32 Å². The zero-order chi connectivity index (χ0) is 23.1. The quantitative estimate of drug-likeness (QED) is 0.608. The molecule has 31 heavy (non-hydrogen) atoms. The van der Waals surface area contributed by atoms with Crippen LogP contribution in [0, 0.1) is 5.82 Å². The number of carbonyl (C=O) groups excluding carboxylic acids is 1. The first kappa shape index (κ1) is 23.3. The average Bonchev–Trinajstić information content (AvgIpc) is 3.07. The zero-order valence-electron chi connectivity index (χ0n) is 18.4. The van der Waals surface area contributed by atoms with Crippen molar-refractivity contribution in [2.24, 2.45) is 0 Å². The number of aliphatic hydroxyl groups is 1. The van der Waals surface area contributed by atoms with Gasteiger partial charge in [0, 0.05) is 23.6 Å². The van der Waals surface area contributed by atoms with Crippen molar-refractivity contribution in [2.45, 2.75) is 76.4 Å². The molecule has 1 atom stereocenters. The van der Waals surface area contributed by atoms with Crippen LogP contribution in [0.3, 0.4) is 0 Å². The van der Waals surface area contributed by atoms with Gasteiger partial charge in [0.1, 0.15) is 11.6 Å². The molecule has 2 amide bonds. The molecule has 0 radical (unpaired) electrons. The summed E-state index contributed by atoms with van der Waals surface area (Å²) in [7, 11) is -4.33. The number of carbonyl (C=O) groups is 1. The van der Waals surface area contributed by atoms with Crippen molar-refractivity contribution in [1.82, 2.24) is 4.72 Å². The van der Waals surface area contributed by atoms with Crippen LogP contribution in [0.2, 0.25) is 0 Å². The van der Waals surface area contributed by atoms with Gasteiger partial charge in [0.05, 0.1) is 11.3 Å². The summed E-state index contributed by atoms with van der Waals surface area (Å²) in [5.41, 5.74) is 0.492. The van der Waals surface area contributed by atoms with Gasteiger partial charge in [-0.15, -0.1) is 0 Å². The molecule has 9 heteroatoms. The van der Waals surface area contributed by atoms with Crippen molar-refractivity contribution >= 4 is 21.7 Å². The molecule has 1 heterocycles. The number of nitrogens with one attached hydrogen (secondary N) is 2. The van der Waals surface area contributed by atoms with Crippen molar-refractivity contribution in [3.05, 3.63) is 46.5 Å². The molecular formula is C22H29FN2O5S. The highest BCUT2D eigenvalue weighted by atomic mass is 32.2. The maximum absolute atomic E-state index is 14.5. The number of halogens is 1. The topological polar surface area (TPSA) is 109 Å². The van der Waals surface area contributed by atoms with Gasteiger partial charge in [-0.25, -0.2) is 13.9 Å². The Morgan fingerprint density at radius 3 is 2.48 bits per heavy atom.